The van der Waals surface area contributed by atoms with E-state index in [0.717, 1.165) is 29.7 Å². The molecule has 0 spiro atoms. The number of hydrogen-bond donors (Lipinski definition) is 2. The summed E-state index contributed by atoms with van der Waals surface area (Å²) >= 11 is 0. The molecule has 1 saturated heterocycles. The van der Waals surface area contributed by atoms with Crippen molar-refractivity contribution in [1.82, 2.24) is 10.2 Å². The van der Waals surface area contributed by atoms with Crippen LogP contribution in [-0.2, 0) is 17.9 Å². The SMILES string of the molecule is C=C(C)CNC(N)=NCc1cccc(CN2CCCC2=O)c1. The second-order valence-electron chi connectivity index (χ2n) is 5.75. The molecule has 0 aliphatic carbocycles. The van der Waals surface area contributed by atoms with E-state index in [1.807, 2.05) is 30.0 Å². The van der Waals surface area contributed by atoms with Crippen LogP contribution in [-0.4, -0.2) is 29.9 Å². The first-order chi connectivity index (χ1) is 10.5. The average Bonchev–Trinajstić information content (AvgIpc) is 2.88. The number of aliphatic imine (C=N–C) groups is 1. The van der Waals surface area contributed by atoms with E-state index in [0.29, 0.717) is 32.0 Å². The highest BCUT2D eigenvalue weighted by Crippen LogP contribution is 2.15. The van der Waals surface area contributed by atoms with Gasteiger partial charge in [0, 0.05) is 26.1 Å². The van der Waals surface area contributed by atoms with Crippen LogP contribution >= 0.6 is 0 Å². The van der Waals surface area contributed by atoms with Crippen molar-refractivity contribution in [2.75, 3.05) is 13.1 Å². The second-order valence-corrected chi connectivity index (χ2v) is 5.75. The van der Waals surface area contributed by atoms with Gasteiger partial charge in [0.1, 0.15) is 0 Å². The number of nitrogens with two attached hydrogens (primary N) is 1. The summed E-state index contributed by atoms with van der Waals surface area (Å²) in [5.74, 6) is 0.666. The van der Waals surface area contributed by atoms with Crippen molar-refractivity contribution in [2.24, 2.45) is 10.7 Å². The van der Waals surface area contributed by atoms with Crippen LogP contribution in [0.15, 0.2) is 41.4 Å². The zero-order chi connectivity index (χ0) is 15.9. The third-order valence-electron chi connectivity index (χ3n) is 3.54. The molecular formula is C17H24N4O. The van der Waals surface area contributed by atoms with Crippen LogP contribution < -0.4 is 11.1 Å². The van der Waals surface area contributed by atoms with Crippen molar-refractivity contribution in [3.05, 3.63) is 47.5 Å². The van der Waals surface area contributed by atoms with Gasteiger partial charge in [0.15, 0.2) is 5.96 Å². The number of hydrogen-bond acceptors (Lipinski definition) is 2. The highest BCUT2D eigenvalue weighted by Gasteiger charge is 2.19. The monoisotopic (exact) mass is 300 g/mol. The molecule has 1 aromatic carbocycles. The molecule has 0 unspecified atom stereocenters. The van der Waals surface area contributed by atoms with E-state index in [4.69, 9.17) is 5.73 Å². The summed E-state index contributed by atoms with van der Waals surface area (Å²) in [7, 11) is 0. The fraction of sp³-hybridized carbons (Fsp3) is 0.412. The van der Waals surface area contributed by atoms with Crippen molar-refractivity contribution >= 4 is 11.9 Å². The fourth-order valence-corrected chi connectivity index (χ4v) is 2.39. The fourth-order valence-electron chi connectivity index (χ4n) is 2.39. The van der Waals surface area contributed by atoms with Gasteiger partial charge < -0.3 is 16.0 Å². The molecule has 0 saturated carbocycles. The Hall–Kier alpha value is -2.30. The van der Waals surface area contributed by atoms with Gasteiger partial charge in [-0.2, -0.15) is 0 Å². The smallest absolute Gasteiger partial charge is 0.222 e. The number of guanidine groups is 1. The van der Waals surface area contributed by atoms with E-state index in [1.54, 1.807) is 0 Å². The van der Waals surface area contributed by atoms with Crippen LogP contribution in [0.4, 0.5) is 0 Å². The normalized spacial score (nSPS) is 15.2. The lowest BCUT2D eigenvalue weighted by Crippen LogP contribution is -2.32. The van der Waals surface area contributed by atoms with Gasteiger partial charge in [-0.1, -0.05) is 36.4 Å². The number of carbonyl (C=O) groups is 1. The van der Waals surface area contributed by atoms with Gasteiger partial charge in [-0.05, 0) is 24.5 Å². The van der Waals surface area contributed by atoms with E-state index >= 15 is 0 Å². The summed E-state index contributed by atoms with van der Waals surface area (Å²) in [6.45, 7) is 8.44. The summed E-state index contributed by atoms with van der Waals surface area (Å²) in [6, 6.07) is 8.14. The maximum absolute atomic E-state index is 11.7. The van der Waals surface area contributed by atoms with E-state index in [-0.39, 0.29) is 5.91 Å². The van der Waals surface area contributed by atoms with Gasteiger partial charge in [0.25, 0.3) is 0 Å². The van der Waals surface area contributed by atoms with Crippen LogP contribution in [0.3, 0.4) is 0 Å². The van der Waals surface area contributed by atoms with Gasteiger partial charge >= 0.3 is 0 Å². The summed E-state index contributed by atoms with van der Waals surface area (Å²) in [5, 5.41) is 3.01. The van der Waals surface area contributed by atoms with Crippen LogP contribution in [0.2, 0.25) is 0 Å². The largest absolute Gasteiger partial charge is 0.370 e. The van der Waals surface area contributed by atoms with Crippen molar-refractivity contribution in [3.8, 4) is 0 Å². The molecule has 2 rings (SSSR count). The number of carbonyl (C=O) groups excluding carboxylic acids is 1. The molecule has 1 aliphatic rings. The predicted molar refractivity (Wildman–Crippen MR) is 89.2 cm³/mol. The maximum Gasteiger partial charge on any atom is 0.222 e. The highest BCUT2D eigenvalue weighted by atomic mass is 16.2. The first kappa shape index (κ1) is 16.1. The molecule has 0 atom stereocenters. The van der Waals surface area contributed by atoms with Gasteiger partial charge in [-0.15, -0.1) is 0 Å². The topological polar surface area (TPSA) is 70.7 Å². The molecule has 22 heavy (non-hydrogen) atoms. The lowest BCUT2D eigenvalue weighted by Gasteiger charge is -2.15. The van der Waals surface area contributed by atoms with Gasteiger partial charge in [-0.25, -0.2) is 4.99 Å². The molecule has 1 fully saturated rings. The van der Waals surface area contributed by atoms with E-state index < -0.39 is 0 Å². The first-order valence-electron chi connectivity index (χ1n) is 7.58. The minimum Gasteiger partial charge on any atom is -0.370 e. The summed E-state index contributed by atoms with van der Waals surface area (Å²) in [5.41, 5.74) is 9.04. The molecule has 1 aliphatic heterocycles. The molecule has 3 N–H and O–H groups in total. The number of nitrogens with one attached hydrogen (secondary N) is 1. The Balaban J connectivity index is 1.92. The predicted octanol–water partition coefficient (Wildman–Crippen LogP) is 1.79. The first-order valence-corrected chi connectivity index (χ1v) is 7.58. The van der Waals surface area contributed by atoms with Crippen LogP contribution in [0, 0.1) is 0 Å². The van der Waals surface area contributed by atoms with Crippen molar-refractivity contribution in [3.63, 3.8) is 0 Å². The van der Waals surface area contributed by atoms with Crippen molar-refractivity contribution < 1.29 is 4.79 Å². The standard InChI is InChI=1S/C17H24N4O/c1-13(2)10-19-17(18)20-11-14-5-3-6-15(9-14)12-21-8-4-7-16(21)22/h3,5-6,9H,1,4,7-8,10-12H2,2H3,(H3,18,19,20). The molecule has 0 bridgehead atoms. The molecule has 1 aromatic rings. The van der Waals surface area contributed by atoms with Gasteiger partial charge in [0.05, 0.1) is 6.54 Å². The molecule has 0 radical (unpaired) electrons. The zero-order valence-corrected chi connectivity index (χ0v) is 13.1. The lowest BCUT2D eigenvalue weighted by molar-refractivity contribution is -0.128. The highest BCUT2D eigenvalue weighted by molar-refractivity contribution is 5.78. The number of likely N-dealkylation sites (tertiary alicyclic amines) is 1. The lowest BCUT2D eigenvalue weighted by atomic mass is 10.1. The quantitative estimate of drug-likeness (QED) is 0.478. The summed E-state index contributed by atoms with van der Waals surface area (Å²) < 4.78 is 0. The van der Waals surface area contributed by atoms with Gasteiger partial charge in [-0.3, -0.25) is 4.79 Å². The van der Waals surface area contributed by atoms with Gasteiger partial charge in [0.2, 0.25) is 5.91 Å². The Kier molecular flexibility index (Phi) is 5.58. The third-order valence-corrected chi connectivity index (χ3v) is 3.54. The number of rotatable bonds is 6. The Labute approximate surface area is 131 Å². The third kappa shape index (κ3) is 4.91. The Morgan fingerprint density at radius 3 is 2.91 bits per heavy atom. The van der Waals surface area contributed by atoms with Crippen molar-refractivity contribution in [1.29, 1.82) is 0 Å². The molecule has 1 amide bonds. The Bertz CT molecular complexity index is 580. The minimum absolute atomic E-state index is 0.247. The van der Waals surface area contributed by atoms with E-state index in [2.05, 4.69) is 23.0 Å². The molecule has 0 aromatic heterocycles. The van der Waals surface area contributed by atoms with Crippen LogP contribution in [0.25, 0.3) is 0 Å². The Morgan fingerprint density at radius 2 is 2.23 bits per heavy atom. The maximum atomic E-state index is 11.7. The zero-order valence-electron chi connectivity index (χ0n) is 13.1. The second kappa shape index (κ2) is 7.64. The molecular weight excluding hydrogens is 276 g/mol. The summed E-state index contributed by atoms with van der Waals surface area (Å²) in [6.07, 6.45) is 1.64. The van der Waals surface area contributed by atoms with Crippen LogP contribution in [0.1, 0.15) is 30.9 Å². The number of benzene rings is 1. The minimum atomic E-state index is 0.247. The molecule has 1 heterocycles. The number of nitrogens with zero attached hydrogens (tertiary/aromatic N) is 2. The van der Waals surface area contributed by atoms with Crippen LogP contribution in [0.5, 0.6) is 0 Å². The van der Waals surface area contributed by atoms with E-state index in [9.17, 15) is 4.79 Å². The molecule has 5 heteroatoms. The molecule has 118 valence electrons. The average molecular weight is 300 g/mol. The molecule has 5 nitrogen and oxygen atoms in total. The van der Waals surface area contributed by atoms with E-state index in [1.165, 1.54) is 0 Å². The summed E-state index contributed by atoms with van der Waals surface area (Å²) in [4.78, 5) is 17.9. The number of amides is 1. The Morgan fingerprint density at radius 1 is 1.45 bits per heavy atom. The van der Waals surface area contributed by atoms with Crippen molar-refractivity contribution in [2.45, 2.75) is 32.9 Å².